The molecule has 6 nitrogen and oxygen atoms in total. The van der Waals surface area contributed by atoms with E-state index >= 15 is 0 Å². The lowest BCUT2D eigenvalue weighted by Crippen LogP contribution is -2.33. The summed E-state index contributed by atoms with van der Waals surface area (Å²) in [7, 11) is 1.34. The first-order chi connectivity index (χ1) is 13.6. The minimum atomic E-state index is -0.456. The van der Waals surface area contributed by atoms with Gasteiger partial charge in [-0.3, -0.25) is 4.79 Å². The van der Waals surface area contributed by atoms with Crippen molar-refractivity contribution in [1.29, 1.82) is 0 Å². The molecule has 1 saturated carbocycles. The molecule has 1 amide bonds. The number of rotatable bonds is 10. The quantitative estimate of drug-likeness (QED) is 0.449. The Morgan fingerprint density at radius 3 is 2.79 bits per heavy atom. The fourth-order valence-electron chi connectivity index (χ4n) is 3.29. The summed E-state index contributed by atoms with van der Waals surface area (Å²) in [5.41, 5.74) is 1.51. The standard InChI is InChI=1S/C21H26N2O4S/c1-3-27-11-7-10-23(13-19-22-18(14-28-19)21(25)26-2)20(24)17-12-16(17)15-8-5-4-6-9-15/h4-6,8-9,14,16-17H,3,7,10-13H2,1-2H3. The van der Waals surface area contributed by atoms with Crippen LogP contribution in [0.5, 0.6) is 0 Å². The number of methoxy groups -OCH3 is 1. The number of carbonyl (C=O) groups is 2. The van der Waals surface area contributed by atoms with Crippen molar-refractivity contribution in [3.63, 3.8) is 0 Å². The zero-order chi connectivity index (χ0) is 19.9. The summed E-state index contributed by atoms with van der Waals surface area (Å²) in [5, 5.41) is 2.41. The molecule has 1 aromatic heterocycles. The average molecular weight is 403 g/mol. The number of nitrogens with zero attached hydrogens (tertiary/aromatic N) is 2. The van der Waals surface area contributed by atoms with Crippen LogP contribution >= 0.6 is 11.3 Å². The van der Waals surface area contributed by atoms with Crippen LogP contribution in [0, 0.1) is 5.92 Å². The lowest BCUT2D eigenvalue weighted by Gasteiger charge is -2.22. The predicted molar refractivity (Wildman–Crippen MR) is 107 cm³/mol. The summed E-state index contributed by atoms with van der Waals surface area (Å²) in [5.74, 6) is 0.0165. The minimum Gasteiger partial charge on any atom is -0.464 e. The molecule has 0 N–H and O–H groups in total. The van der Waals surface area contributed by atoms with E-state index in [1.807, 2.05) is 30.0 Å². The molecule has 2 unspecified atom stereocenters. The summed E-state index contributed by atoms with van der Waals surface area (Å²) < 4.78 is 10.1. The number of benzene rings is 1. The Hall–Kier alpha value is -2.25. The van der Waals surface area contributed by atoms with Crippen LogP contribution in [0.4, 0.5) is 0 Å². The van der Waals surface area contributed by atoms with Gasteiger partial charge in [-0.15, -0.1) is 11.3 Å². The Kier molecular flexibility index (Phi) is 7.17. The smallest absolute Gasteiger partial charge is 0.357 e. The number of amides is 1. The number of ether oxygens (including phenoxy) is 2. The van der Waals surface area contributed by atoms with Gasteiger partial charge in [-0.1, -0.05) is 30.3 Å². The van der Waals surface area contributed by atoms with E-state index in [2.05, 4.69) is 17.1 Å². The van der Waals surface area contributed by atoms with Crippen molar-refractivity contribution in [2.45, 2.75) is 32.2 Å². The third-order valence-corrected chi connectivity index (χ3v) is 5.67. The van der Waals surface area contributed by atoms with Gasteiger partial charge in [-0.2, -0.15) is 0 Å². The summed E-state index contributed by atoms with van der Waals surface area (Å²) >= 11 is 1.37. The van der Waals surface area contributed by atoms with Crippen LogP contribution in [0.3, 0.4) is 0 Å². The van der Waals surface area contributed by atoms with Gasteiger partial charge >= 0.3 is 5.97 Å². The normalized spacial score (nSPS) is 17.9. The molecule has 0 spiro atoms. The first-order valence-electron chi connectivity index (χ1n) is 9.58. The molecule has 1 aromatic carbocycles. The van der Waals surface area contributed by atoms with Crippen LogP contribution in [0.25, 0.3) is 0 Å². The number of carbonyl (C=O) groups excluding carboxylic acids is 2. The highest BCUT2D eigenvalue weighted by atomic mass is 32.1. The highest BCUT2D eigenvalue weighted by Gasteiger charge is 2.45. The van der Waals surface area contributed by atoms with Crippen LogP contribution in [0.2, 0.25) is 0 Å². The molecule has 2 atom stereocenters. The topological polar surface area (TPSA) is 68.7 Å². The molecule has 1 fully saturated rings. The van der Waals surface area contributed by atoms with Gasteiger partial charge in [0.2, 0.25) is 5.91 Å². The Balaban J connectivity index is 1.65. The zero-order valence-corrected chi connectivity index (χ0v) is 17.1. The van der Waals surface area contributed by atoms with E-state index in [-0.39, 0.29) is 17.5 Å². The van der Waals surface area contributed by atoms with E-state index in [4.69, 9.17) is 9.47 Å². The second-order valence-corrected chi connectivity index (χ2v) is 7.73. The largest absolute Gasteiger partial charge is 0.464 e. The number of hydrogen-bond acceptors (Lipinski definition) is 6. The van der Waals surface area contributed by atoms with Crippen LogP contribution in [-0.4, -0.2) is 48.6 Å². The van der Waals surface area contributed by atoms with E-state index in [1.54, 1.807) is 5.38 Å². The van der Waals surface area contributed by atoms with E-state index in [9.17, 15) is 9.59 Å². The zero-order valence-electron chi connectivity index (χ0n) is 16.3. The second-order valence-electron chi connectivity index (χ2n) is 6.79. The number of aromatic nitrogens is 1. The maximum atomic E-state index is 13.1. The van der Waals surface area contributed by atoms with Crippen molar-refractivity contribution in [1.82, 2.24) is 9.88 Å². The molecule has 150 valence electrons. The Bertz CT molecular complexity index is 793. The third kappa shape index (κ3) is 5.17. The van der Waals surface area contributed by atoms with Crippen LogP contribution in [0.1, 0.15) is 46.7 Å². The molecule has 1 heterocycles. The SMILES string of the molecule is CCOCCCN(Cc1nc(C(=O)OC)cs1)C(=O)C1CC1c1ccccc1. The number of hydrogen-bond donors (Lipinski definition) is 0. The predicted octanol–water partition coefficient (Wildman–Crippen LogP) is 3.49. The van der Waals surface area contributed by atoms with Crippen LogP contribution in [-0.2, 0) is 20.8 Å². The number of esters is 1. The van der Waals surface area contributed by atoms with Crippen molar-refractivity contribution < 1.29 is 19.1 Å². The van der Waals surface area contributed by atoms with E-state index in [0.29, 0.717) is 32.2 Å². The van der Waals surface area contributed by atoms with Crippen molar-refractivity contribution in [2.24, 2.45) is 5.92 Å². The first-order valence-corrected chi connectivity index (χ1v) is 10.5. The second kappa shape index (κ2) is 9.80. The molecule has 7 heteroatoms. The molecule has 28 heavy (non-hydrogen) atoms. The molecule has 1 aliphatic carbocycles. The first kappa shape index (κ1) is 20.5. The van der Waals surface area contributed by atoms with Gasteiger partial charge in [0, 0.05) is 31.1 Å². The highest BCUT2D eigenvalue weighted by Crippen LogP contribution is 2.48. The van der Waals surface area contributed by atoms with Gasteiger partial charge in [0.15, 0.2) is 5.69 Å². The summed E-state index contributed by atoms with van der Waals surface area (Å²) in [6.45, 7) is 4.27. The Morgan fingerprint density at radius 2 is 2.07 bits per heavy atom. The van der Waals surface area contributed by atoms with Gasteiger partial charge in [0.25, 0.3) is 0 Å². The Labute approximate surface area is 169 Å². The monoisotopic (exact) mass is 402 g/mol. The van der Waals surface area contributed by atoms with Gasteiger partial charge in [-0.05, 0) is 31.2 Å². The van der Waals surface area contributed by atoms with Gasteiger partial charge in [0.1, 0.15) is 5.01 Å². The summed E-state index contributed by atoms with van der Waals surface area (Å²) in [4.78, 5) is 30.9. The van der Waals surface area contributed by atoms with E-state index in [0.717, 1.165) is 17.8 Å². The van der Waals surface area contributed by atoms with Crippen molar-refractivity contribution in [2.75, 3.05) is 26.9 Å². The number of thiazole rings is 1. The van der Waals surface area contributed by atoms with E-state index in [1.165, 1.54) is 24.0 Å². The molecule has 3 rings (SSSR count). The fraction of sp³-hybridized carbons (Fsp3) is 0.476. The summed E-state index contributed by atoms with van der Waals surface area (Å²) in [6, 6.07) is 10.2. The lowest BCUT2D eigenvalue weighted by molar-refractivity contribution is -0.133. The fourth-order valence-corrected chi connectivity index (χ4v) is 4.06. The van der Waals surface area contributed by atoms with Gasteiger partial charge in [-0.25, -0.2) is 9.78 Å². The van der Waals surface area contributed by atoms with E-state index < -0.39 is 5.97 Å². The lowest BCUT2D eigenvalue weighted by atomic mass is 10.1. The van der Waals surface area contributed by atoms with Crippen LogP contribution < -0.4 is 0 Å². The highest BCUT2D eigenvalue weighted by molar-refractivity contribution is 7.09. The van der Waals surface area contributed by atoms with Crippen molar-refractivity contribution in [3.05, 3.63) is 52.0 Å². The summed E-state index contributed by atoms with van der Waals surface area (Å²) in [6.07, 6.45) is 1.66. The van der Waals surface area contributed by atoms with Gasteiger partial charge in [0.05, 0.1) is 13.7 Å². The minimum absolute atomic E-state index is 0.0227. The van der Waals surface area contributed by atoms with Crippen molar-refractivity contribution in [3.8, 4) is 0 Å². The average Bonchev–Trinajstić information content (AvgIpc) is 3.40. The Morgan fingerprint density at radius 1 is 1.29 bits per heavy atom. The van der Waals surface area contributed by atoms with Crippen LogP contribution in [0.15, 0.2) is 35.7 Å². The molecular weight excluding hydrogens is 376 g/mol. The van der Waals surface area contributed by atoms with Gasteiger partial charge < -0.3 is 14.4 Å². The van der Waals surface area contributed by atoms with Crippen molar-refractivity contribution >= 4 is 23.2 Å². The third-order valence-electron chi connectivity index (χ3n) is 4.84. The maximum Gasteiger partial charge on any atom is 0.357 e. The maximum absolute atomic E-state index is 13.1. The molecule has 1 aliphatic rings. The molecular formula is C21H26N2O4S. The molecule has 0 bridgehead atoms. The molecule has 0 saturated heterocycles. The molecule has 0 radical (unpaired) electrons. The molecule has 0 aliphatic heterocycles. The molecule has 2 aromatic rings.